The van der Waals surface area contributed by atoms with Crippen LogP contribution in [0, 0.1) is 0 Å². The van der Waals surface area contributed by atoms with E-state index in [0.717, 1.165) is 16.3 Å². The number of carbonyl (C=O) groups excluding carboxylic acids is 2. The number of ether oxygens (including phenoxy) is 1. The molecule has 1 heterocycles. The van der Waals surface area contributed by atoms with Gasteiger partial charge in [0.15, 0.2) is 0 Å². The standard InChI is InChI=1S/C21H20ClN3O3S/c1-3-28-16-7-4-13(5-8-16)21-25-15(12-29-21)11-19(26)24-14-6-9-18(22)17(10-14)20(27)23-2/h4-10,12H,3,11H2,1-2H3,(H,23,27)(H,24,26). The number of amides is 2. The number of carbonyl (C=O) groups is 2. The van der Waals surface area contributed by atoms with Gasteiger partial charge in [0, 0.05) is 23.7 Å². The van der Waals surface area contributed by atoms with Gasteiger partial charge in [-0.05, 0) is 49.4 Å². The number of benzene rings is 2. The van der Waals surface area contributed by atoms with Crippen molar-refractivity contribution in [3.63, 3.8) is 0 Å². The summed E-state index contributed by atoms with van der Waals surface area (Å²) in [6.07, 6.45) is 0.130. The number of hydrogen-bond acceptors (Lipinski definition) is 5. The van der Waals surface area contributed by atoms with Gasteiger partial charge in [0.1, 0.15) is 10.8 Å². The summed E-state index contributed by atoms with van der Waals surface area (Å²) in [5.41, 5.74) is 2.45. The van der Waals surface area contributed by atoms with Gasteiger partial charge in [0.2, 0.25) is 5.91 Å². The Bertz CT molecular complexity index is 1020. The van der Waals surface area contributed by atoms with E-state index in [-0.39, 0.29) is 18.2 Å². The maximum absolute atomic E-state index is 12.4. The first kappa shape index (κ1) is 20.8. The summed E-state index contributed by atoms with van der Waals surface area (Å²) in [6, 6.07) is 12.5. The molecule has 0 aliphatic heterocycles. The molecule has 8 heteroatoms. The predicted molar refractivity (Wildman–Crippen MR) is 116 cm³/mol. The molecule has 0 saturated carbocycles. The first-order chi connectivity index (χ1) is 14.0. The van der Waals surface area contributed by atoms with Gasteiger partial charge in [-0.2, -0.15) is 0 Å². The Morgan fingerprint density at radius 2 is 1.93 bits per heavy atom. The Labute approximate surface area is 177 Å². The highest BCUT2D eigenvalue weighted by atomic mass is 35.5. The summed E-state index contributed by atoms with van der Waals surface area (Å²) in [7, 11) is 1.52. The van der Waals surface area contributed by atoms with Crippen LogP contribution in [0.4, 0.5) is 5.69 Å². The van der Waals surface area contributed by atoms with Crippen LogP contribution in [0.1, 0.15) is 23.0 Å². The van der Waals surface area contributed by atoms with E-state index in [1.54, 1.807) is 18.2 Å². The maximum atomic E-state index is 12.4. The molecule has 0 fully saturated rings. The molecular formula is C21H20ClN3O3S. The smallest absolute Gasteiger partial charge is 0.252 e. The van der Waals surface area contributed by atoms with Crippen molar-refractivity contribution in [2.45, 2.75) is 13.3 Å². The Kier molecular flexibility index (Phi) is 6.85. The summed E-state index contributed by atoms with van der Waals surface area (Å²) in [5, 5.41) is 8.32. The zero-order valence-corrected chi connectivity index (χ0v) is 17.6. The average Bonchev–Trinajstić information content (AvgIpc) is 3.18. The lowest BCUT2D eigenvalue weighted by atomic mass is 10.2. The van der Waals surface area contributed by atoms with Gasteiger partial charge in [-0.15, -0.1) is 11.3 Å². The van der Waals surface area contributed by atoms with Crippen molar-refractivity contribution >= 4 is 40.4 Å². The number of nitrogens with zero attached hydrogens (tertiary/aromatic N) is 1. The van der Waals surface area contributed by atoms with Crippen LogP contribution in [-0.2, 0) is 11.2 Å². The Morgan fingerprint density at radius 1 is 1.17 bits per heavy atom. The van der Waals surface area contributed by atoms with E-state index >= 15 is 0 Å². The van der Waals surface area contributed by atoms with Crippen LogP contribution >= 0.6 is 22.9 Å². The minimum Gasteiger partial charge on any atom is -0.494 e. The highest BCUT2D eigenvalue weighted by Crippen LogP contribution is 2.26. The van der Waals surface area contributed by atoms with Crippen molar-refractivity contribution in [3.8, 4) is 16.3 Å². The molecule has 0 bridgehead atoms. The van der Waals surface area contributed by atoms with Crippen LogP contribution in [0.15, 0.2) is 47.8 Å². The van der Waals surface area contributed by atoms with Crippen LogP contribution in [0.5, 0.6) is 5.75 Å². The third-order valence-corrected chi connectivity index (χ3v) is 5.30. The van der Waals surface area contributed by atoms with Gasteiger partial charge >= 0.3 is 0 Å². The molecule has 6 nitrogen and oxygen atoms in total. The fourth-order valence-corrected chi connectivity index (χ4v) is 3.69. The van der Waals surface area contributed by atoms with E-state index in [2.05, 4.69) is 15.6 Å². The summed E-state index contributed by atoms with van der Waals surface area (Å²) < 4.78 is 5.45. The number of anilines is 1. The Morgan fingerprint density at radius 3 is 2.62 bits per heavy atom. The number of nitrogens with one attached hydrogen (secondary N) is 2. The number of aromatic nitrogens is 1. The van der Waals surface area contributed by atoms with Crippen molar-refractivity contribution in [3.05, 3.63) is 64.1 Å². The zero-order valence-electron chi connectivity index (χ0n) is 16.0. The fourth-order valence-electron chi connectivity index (χ4n) is 2.66. The van der Waals surface area contributed by atoms with Gasteiger partial charge in [-0.3, -0.25) is 9.59 Å². The summed E-state index contributed by atoms with van der Waals surface area (Å²) in [4.78, 5) is 28.8. The third-order valence-electron chi connectivity index (χ3n) is 4.03. The zero-order chi connectivity index (χ0) is 20.8. The number of halogens is 1. The SMILES string of the molecule is CCOc1ccc(-c2nc(CC(=O)Nc3ccc(Cl)c(C(=O)NC)c3)cs2)cc1. The van der Waals surface area contributed by atoms with Crippen LogP contribution < -0.4 is 15.4 Å². The van der Waals surface area contributed by atoms with Crippen molar-refractivity contribution in [2.75, 3.05) is 19.0 Å². The van der Waals surface area contributed by atoms with Crippen LogP contribution in [0.2, 0.25) is 5.02 Å². The predicted octanol–water partition coefficient (Wildman–Crippen LogP) is 4.40. The van der Waals surface area contributed by atoms with Gasteiger partial charge in [0.25, 0.3) is 5.91 Å². The number of hydrogen-bond donors (Lipinski definition) is 2. The summed E-state index contributed by atoms with van der Waals surface area (Å²) in [5.74, 6) is 0.274. The molecule has 0 aliphatic carbocycles. The van der Waals surface area contributed by atoms with Gasteiger partial charge in [-0.25, -0.2) is 4.98 Å². The largest absolute Gasteiger partial charge is 0.494 e. The molecule has 0 radical (unpaired) electrons. The number of rotatable bonds is 7. The van der Waals surface area contributed by atoms with E-state index < -0.39 is 0 Å². The molecular weight excluding hydrogens is 410 g/mol. The van der Waals surface area contributed by atoms with Crippen LogP contribution in [0.25, 0.3) is 10.6 Å². The molecule has 3 aromatic rings. The maximum Gasteiger partial charge on any atom is 0.252 e. The molecule has 2 amide bonds. The minimum atomic E-state index is -0.314. The van der Waals surface area contributed by atoms with Crippen LogP contribution in [-0.4, -0.2) is 30.5 Å². The highest BCUT2D eigenvalue weighted by Gasteiger charge is 2.13. The normalized spacial score (nSPS) is 10.4. The monoisotopic (exact) mass is 429 g/mol. The first-order valence-electron chi connectivity index (χ1n) is 8.99. The lowest BCUT2D eigenvalue weighted by Crippen LogP contribution is -2.19. The van der Waals surface area contributed by atoms with Crippen molar-refractivity contribution in [1.82, 2.24) is 10.3 Å². The van der Waals surface area contributed by atoms with Gasteiger partial charge in [-0.1, -0.05) is 11.6 Å². The highest BCUT2D eigenvalue weighted by molar-refractivity contribution is 7.13. The molecule has 0 spiro atoms. The van der Waals surface area contributed by atoms with E-state index in [0.29, 0.717) is 28.6 Å². The second kappa shape index (κ2) is 9.54. The van der Waals surface area contributed by atoms with E-state index in [4.69, 9.17) is 16.3 Å². The van der Waals surface area contributed by atoms with Crippen LogP contribution in [0.3, 0.4) is 0 Å². The third kappa shape index (κ3) is 5.34. The van der Waals surface area contributed by atoms with Gasteiger partial charge in [0.05, 0.1) is 29.3 Å². The quantitative estimate of drug-likeness (QED) is 0.583. The molecule has 0 saturated heterocycles. The molecule has 2 N–H and O–H groups in total. The Balaban J connectivity index is 1.65. The summed E-state index contributed by atoms with van der Waals surface area (Å²) in [6.45, 7) is 2.56. The van der Waals surface area contributed by atoms with Crippen molar-refractivity contribution in [2.24, 2.45) is 0 Å². The van der Waals surface area contributed by atoms with Crippen molar-refractivity contribution < 1.29 is 14.3 Å². The Hall–Kier alpha value is -2.90. The molecule has 0 atom stereocenters. The van der Waals surface area contributed by atoms with E-state index in [9.17, 15) is 9.59 Å². The van der Waals surface area contributed by atoms with E-state index in [1.807, 2.05) is 36.6 Å². The first-order valence-corrected chi connectivity index (χ1v) is 10.2. The second-order valence-corrected chi connectivity index (χ2v) is 7.37. The molecule has 0 aliphatic rings. The summed E-state index contributed by atoms with van der Waals surface area (Å²) >= 11 is 7.51. The molecule has 29 heavy (non-hydrogen) atoms. The lowest BCUT2D eigenvalue weighted by molar-refractivity contribution is -0.115. The lowest BCUT2D eigenvalue weighted by Gasteiger charge is -2.08. The molecule has 2 aromatic carbocycles. The topological polar surface area (TPSA) is 80.3 Å². The van der Waals surface area contributed by atoms with Crippen molar-refractivity contribution in [1.29, 1.82) is 0 Å². The molecule has 0 unspecified atom stereocenters. The average molecular weight is 430 g/mol. The number of thiazole rings is 1. The van der Waals surface area contributed by atoms with E-state index in [1.165, 1.54) is 18.4 Å². The second-order valence-electron chi connectivity index (χ2n) is 6.10. The minimum absolute atomic E-state index is 0.130. The molecule has 1 aromatic heterocycles. The molecule has 3 rings (SSSR count). The molecule has 150 valence electrons. The van der Waals surface area contributed by atoms with Gasteiger partial charge < -0.3 is 15.4 Å². The fraction of sp³-hybridized carbons (Fsp3) is 0.190.